The van der Waals surface area contributed by atoms with Crippen molar-refractivity contribution in [1.29, 1.82) is 0 Å². The Labute approximate surface area is 167 Å². The van der Waals surface area contributed by atoms with E-state index in [9.17, 15) is 4.79 Å². The van der Waals surface area contributed by atoms with Crippen LogP contribution in [0.15, 0.2) is 42.5 Å². The molecule has 0 atom stereocenters. The summed E-state index contributed by atoms with van der Waals surface area (Å²) >= 11 is 0. The average Bonchev–Trinajstić information content (AvgIpc) is 2.68. The van der Waals surface area contributed by atoms with Crippen LogP contribution in [-0.2, 0) is 4.79 Å². The summed E-state index contributed by atoms with van der Waals surface area (Å²) in [5.41, 5.74) is 0. The lowest BCUT2D eigenvalue weighted by Crippen LogP contribution is -2.06. The Morgan fingerprint density at radius 2 is 1.26 bits per heavy atom. The van der Waals surface area contributed by atoms with Crippen molar-refractivity contribution >= 4 is 5.97 Å². The maximum Gasteiger partial charge on any atom is 0.311 e. The highest BCUT2D eigenvalue weighted by Crippen LogP contribution is 2.13. The van der Waals surface area contributed by atoms with Crippen LogP contribution in [0.3, 0.4) is 0 Å². The first-order chi connectivity index (χ1) is 13.3. The number of benzene rings is 1. The van der Waals surface area contributed by atoms with Crippen molar-refractivity contribution in [2.75, 3.05) is 0 Å². The second-order valence-electron chi connectivity index (χ2n) is 7.47. The van der Waals surface area contributed by atoms with Crippen LogP contribution in [0.25, 0.3) is 0 Å². The second-order valence-corrected chi connectivity index (χ2v) is 7.47. The van der Waals surface area contributed by atoms with Gasteiger partial charge in [-0.25, -0.2) is 0 Å². The Morgan fingerprint density at radius 1 is 0.741 bits per heavy atom. The van der Waals surface area contributed by atoms with Crippen molar-refractivity contribution in [3.8, 4) is 5.75 Å². The highest BCUT2D eigenvalue weighted by molar-refractivity contribution is 5.72. The minimum absolute atomic E-state index is 0.156. The molecule has 152 valence electrons. The largest absolute Gasteiger partial charge is 0.427 e. The zero-order valence-corrected chi connectivity index (χ0v) is 17.5. The summed E-state index contributed by atoms with van der Waals surface area (Å²) in [4.78, 5) is 11.7. The summed E-state index contributed by atoms with van der Waals surface area (Å²) in [5.74, 6) is 0.471. The first-order valence-corrected chi connectivity index (χ1v) is 11.2. The van der Waals surface area contributed by atoms with Gasteiger partial charge in [-0.15, -0.1) is 0 Å². The Kier molecular flexibility index (Phi) is 15.5. The van der Waals surface area contributed by atoms with E-state index in [2.05, 4.69) is 19.1 Å². The number of unbranched alkanes of at least 4 members (excludes halogenated alkanes) is 12. The SMILES string of the molecule is CCCCCCCCCCCCCCC=CCCC(=O)Oc1ccccc1. The predicted molar refractivity (Wildman–Crippen MR) is 116 cm³/mol. The van der Waals surface area contributed by atoms with Crippen LogP contribution in [0.5, 0.6) is 5.75 Å². The summed E-state index contributed by atoms with van der Waals surface area (Å²) in [6.45, 7) is 2.28. The molecular weight excluding hydrogens is 332 g/mol. The minimum atomic E-state index is -0.156. The molecule has 0 unspecified atom stereocenters. The highest BCUT2D eigenvalue weighted by Gasteiger charge is 2.02. The third-order valence-corrected chi connectivity index (χ3v) is 4.88. The number of hydrogen-bond acceptors (Lipinski definition) is 2. The Morgan fingerprint density at radius 3 is 1.85 bits per heavy atom. The zero-order valence-electron chi connectivity index (χ0n) is 17.5. The number of allylic oxidation sites excluding steroid dienone is 2. The number of carbonyl (C=O) groups excluding carboxylic acids is 1. The molecule has 2 nitrogen and oxygen atoms in total. The molecule has 0 amide bonds. The molecule has 0 saturated heterocycles. The van der Waals surface area contributed by atoms with Crippen molar-refractivity contribution in [3.63, 3.8) is 0 Å². The van der Waals surface area contributed by atoms with Crippen molar-refractivity contribution in [1.82, 2.24) is 0 Å². The fourth-order valence-corrected chi connectivity index (χ4v) is 3.21. The molecule has 0 fully saturated rings. The van der Waals surface area contributed by atoms with E-state index >= 15 is 0 Å². The maximum absolute atomic E-state index is 11.7. The number of hydrogen-bond donors (Lipinski definition) is 0. The van der Waals surface area contributed by atoms with E-state index in [1.807, 2.05) is 18.2 Å². The molecule has 1 aromatic rings. The van der Waals surface area contributed by atoms with E-state index in [-0.39, 0.29) is 5.97 Å². The minimum Gasteiger partial charge on any atom is -0.427 e. The molecule has 0 aromatic heterocycles. The van der Waals surface area contributed by atoms with Gasteiger partial charge < -0.3 is 4.74 Å². The highest BCUT2D eigenvalue weighted by atomic mass is 16.5. The molecule has 0 N–H and O–H groups in total. The first kappa shape index (κ1) is 23.5. The van der Waals surface area contributed by atoms with Gasteiger partial charge in [-0.1, -0.05) is 108 Å². The van der Waals surface area contributed by atoms with Crippen LogP contribution < -0.4 is 4.74 Å². The smallest absolute Gasteiger partial charge is 0.311 e. The summed E-state index contributed by atoms with van der Waals surface area (Å²) in [5, 5.41) is 0. The van der Waals surface area contributed by atoms with Crippen LogP contribution in [-0.4, -0.2) is 5.97 Å². The molecule has 0 bridgehead atoms. The van der Waals surface area contributed by atoms with Gasteiger partial charge in [0.1, 0.15) is 5.75 Å². The molecule has 27 heavy (non-hydrogen) atoms. The second kappa shape index (κ2) is 17.8. The Bertz CT molecular complexity index is 478. The van der Waals surface area contributed by atoms with Gasteiger partial charge in [0.15, 0.2) is 0 Å². The number of para-hydroxylation sites is 1. The van der Waals surface area contributed by atoms with E-state index < -0.39 is 0 Å². The normalized spacial score (nSPS) is 11.1. The third-order valence-electron chi connectivity index (χ3n) is 4.88. The number of carbonyl (C=O) groups is 1. The lowest BCUT2D eigenvalue weighted by Gasteiger charge is -2.02. The standard InChI is InChI=1S/C25H40O2/c1-2-3-4-5-6-7-8-9-10-11-12-13-14-15-16-20-23-25(26)27-24-21-18-17-19-22-24/h15-19,21-22H,2-14,20,23H2,1H3. The molecule has 1 rings (SSSR count). The molecule has 0 spiro atoms. The van der Waals surface area contributed by atoms with E-state index in [4.69, 9.17) is 4.74 Å². The van der Waals surface area contributed by atoms with Crippen molar-refractivity contribution < 1.29 is 9.53 Å². The predicted octanol–water partition coefficient (Wildman–Crippen LogP) is 8.02. The van der Waals surface area contributed by atoms with Gasteiger partial charge >= 0.3 is 5.97 Å². The molecule has 0 aliphatic rings. The zero-order chi connectivity index (χ0) is 19.4. The van der Waals surface area contributed by atoms with Crippen LogP contribution in [0.1, 0.15) is 103 Å². The Hall–Kier alpha value is -1.57. The van der Waals surface area contributed by atoms with Crippen LogP contribution >= 0.6 is 0 Å². The van der Waals surface area contributed by atoms with Gasteiger partial charge in [0.25, 0.3) is 0 Å². The van der Waals surface area contributed by atoms with Crippen molar-refractivity contribution in [2.45, 2.75) is 103 Å². The third kappa shape index (κ3) is 15.2. The molecule has 2 heteroatoms. The molecule has 1 aromatic carbocycles. The van der Waals surface area contributed by atoms with Crippen molar-refractivity contribution in [3.05, 3.63) is 42.5 Å². The van der Waals surface area contributed by atoms with Gasteiger partial charge in [-0.2, -0.15) is 0 Å². The number of esters is 1. The van der Waals surface area contributed by atoms with E-state index in [1.165, 1.54) is 77.0 Å². The average molecular weight is 373 g/mol. The summed E-state index contributed by atoms with van der Waals surface area (Å²) in [7, 11) is 0. The van der Waals surface area contributed by atoms with E-state index in [1.54, 1.807) is 12.1 Å². The topological polar surface area (TPSA) is 26.3 Å². The summed E-state index contributed by atoms with van der Waals surface area (Å²) < 4.78 is 5.27. The fourth-order valence-electron chi connectivity index (χ4n) is 3.21. The van der Waals surface area contributed by atoms with Gasteiger partial charge in [-0.3, -0.25) is 4.79 Å². The molecule has 0 heterocycles. The molecule has 0 saturated carbocycles. The van der Waals surface area contributed by atoms with Crippen molar-refractivity contribution in [2.24, 2.45) is 0 Å². The number of rotatable bonds is 17. The quantitative estimate of drug-likeness (QED) is 0.120. The molecule has 0 aliphatic heterocycles. The lowest BCUT2D eigenvalue weighted by molar-refractivity contribution is -0.134. The van der Waals surface area contributed by atoms with Crippen LogP contribution in [0.4, 0.5) is 0 Å². The Balaban J connectivity index is 1.82. The van der Waals surface area contributed by atoms with E-state index in [0.717, 1.165) is 12.8 Å². The molecular formula is C25H40O2. The summed E-state index contributed by atoms with van der Waals surface area (Å²) in [6, 6.07) is 9.27. The molecule has 0 aliphatic carbocycles. The van der Waals surface area contributed by atoms with Crippen LogP contribution in [0.2, 0.25) is 0 Å². The van der Waals surface area contributed by atoms with Gasteiger partial charge in [0, 0.05) is 6.42 Å². The molecule has 0 radical (unpaired) electrons. The summed E-state index contributed by atoms with van der Waals surface area (Å²) in [6.07, 6.45) is 23.3. The monoisotopic (exact) mass is 372 g/mol. The number of ether oxygens (including phenoxy) is 1. The fraction of sp³-hybridized carbons (Fsp3) is 0.640. The van der Waals surface area contributed by atoms with Crippen LogP contribution in [0, 0.1) is 0 Å². The van der Waals surface area contributed by atoms with E-state index in [0.29, 0.717) is 12.2 Å². The maximum atomic E-state index is 11.7. The lowest BCUT2D eigenvalue weighted by atomic mass is 10.0. The first-order valence-electron chi connectivity index (χ1n) is 11.2. The van der Waals surface area contributed by atoms with Gasteiger partial charge in [0.2, 0.25) is 0 Å². The van der Waals surface area contributed by atoms with Gasteiger partial charge in [-0.05, 0) is 31.4 Å². The van der Waals surface area contributed by atoms with Gasteiger partial charge in [0.05, 0.1) is 0 Å².